The molecule has 0 saturated carbocycles. The summed E-state index contributed by atoms with van der Waals surface area (Å²) in [7, 11) is 0. The van der Waals surface area contributed by atoms with E-state index in [-0.39, 0.29) is 0 Å². The Balaban J connectivity index is 2.05. The predicted octanol–water partition coefficient (Wildman–Crippen LogP) is 4.63. The van der Waals surface area contributed by atoms with Crippen LogP contribution in [0.4, 0.5) is 0 Å². The lowest BCUT2D eigenvalue weighted by molar-refractivity contribution is 0.254. The molecule has 1 aliphatic heterocycles. The summed E-state index contributed by atoms with van der Waals surface area (Å²) in [6.07, 6.45) is 7.74. The van der Waals surface area contributed by atoms with Crippen LogP contribution in [-0.4, -0.2) is 12.6 Å². The number of hydrogen-bond acceptors (Lipinski definition) is 2. The molecule has 1 N–H and O–H groups in total. The third-order valence-corrected chi connectivity index (χ3v) is 4.06. The Hall–Kier alpha value is -1.02. The summed E-state index contributed by atoms with van der Waals surface area (Å²) < 4.78 is 5.80. The summed E-state index contributed by atoms with van der Waals surface area (Å²) in [6.45, 7) is 7.74. The van der Waals surface area contributed by atoms with Gasteiger partial charge in [0.1, 0.15) is 11.9 Å². The highest BCUT2D eigenvalue weighted by Gasteiger charge is 2.20. The van der Waals surface area contributed by atoms with E-state index in [1.165, 1.54) is 43.2 Å². The van der Waals surface area contributed by atoms with Gasteiger partial charge in [0.2, 0.25) is 0 Å². The van der Waals surface area contributed by atoms with Crippen molar-refractivity contribution in [1.29, 1.82) is 0 Å². The summed E-state index contributed by atoms with van der Waals surface area (Å²) in [4.78, 5) is 0. The second kappa shape index (κ2) is 7.68. The van der Waals surface area contributed by atoms with Crippen molar-refractivity contribution in [2.75, 3.05) is 6.54 Å². The van der Waals surface area contributed by atoms with E-state index in [1.807, 2.05) is 0 Å². The molecule has 20 heavy (non-hydrogen) atoms. The number of fused-ring (bicyclic) bond motifs is 1. The molecule has 0 aliphatic carbocycles. The van der Waals surface area contributed by atoms with Crippen LogP contribution in [0, 0.1) is 0 Å². The minimum Gasteiger partial charge on any atom is -0.490 e. The van der Waals surface area contributed by atoms with Crippen molar-refractivity contribution >= 4 is 0 Å². The molecular weight excluding hydrogens is 246 g/mol. The molecule has 2 rings (SSSR count). The van der Waals surface area contributed by atoms with Gasteiger partial charge in [0.05, 0.1) is 0 Å². The number of nitrogens with one attached hydrogen (secondary N) is 1. The fourth-order valence-electron chi connectivity index (χ4n) is 2.96. The van der Waals surface area contributed by atoms with Gasteiger partial charge < -0.3 is 10.1 Å². The molecule has 2 unspecified atom stereocenters. The Bertz CT molecular complexity index is 416. The van der Waals surface area contributed by atoms with Crippen molar-refractivity contribution < 1.29 is 4.74 Å². The summed E-state index contributed by atoms with van der Waals surface area (Å²) >= 11 is 0. The van der Waals surface area contributed by atoms with Gasteiger partial charge in [-0.2, -0.15) is 0 Å². The van der Waals surface area contributed by atoms with Crippen molar-refractivity contribution in [2.24, 2.45) is 0 Å². The maximum atomic E-state index is 5.80. The highest BCUT2D eigenvalue weighted by molar-refractivity contribution is 5.41. The number of unbranched alkanes of at least 4 members (excludes halogenated alkanes) is 2. The SMILES string of the molecule is CCCCCC(NCCC)c1ccc2c(c1)CC(C)O2. The molecule has 0 spiro atoms. The number of benzene rings is 1. The van der Waals surface area contributed by atoms with Gasteiger partial charge in [-0.25, -0.2) is 0 Å². The Morgan fingerprint density at radius 3 is 2.85 bits per heavy atom. The average Bonchev–Trinajstić information content (AvgIpc) is 2.81. The fraction of sp³-hybridized carbons (Fsp3) is 0.667. The van der Waals surface area contributed by atoms with Gasteiger partial charge in [0.25, 0.3) is 0 Å². The molecule has 0 bridgehead atoms. The summed E-state index contributed by atoms with van der Waals surface area (Å²) in [5.41, 5.74) is 2.82. The van der Waals surface area contributed by atoms with Crippen LogP contribution in [0.2, 0.25) is 0 Å². The Morgan fingerprint density at radius 2 is 2.10 bits per heavy atom. The number of ether oxygens (including phenoxy) is 1. The van der Waals surface area contributed by atoms with Crippen molar-refractivity contribution in [3.63, 3.8) is 0 Å². The molecule has 112 valence electrons. The van der Waals surface area contributed by atoms with Crippen LogP contribution >= 0.6 is 0 Å². The third-order valence-electron chi connectivity index (χ3n) is 4.06. The molecular formula is C18H29NO. The fourth-order valence-corrected chi connectivity index (χ4v) is 2.96. The van der Waals surface area contributed by atoms with Gasteiger partial charge in [-0.05, 0) is 43.5 Å². The molecule has 1 heterocycles. The van der Waals surface area contributed by atoms with Gasteiger partial charge in [0, 0.05) is 12.5 Å². The number of rotatable bonds is 8. The molecule has 0 radical (unpaired) electrons. The monoisotopic (exact) mass is 275 g/mol. The van der Waals surface area contributed by atoms with Gasteiger partial charge in [0.15, 0.2) is 0 Å². The van der Waals surface area contributed by atoms with Gasteiger partial charge >= 0.3 is 0 Å². The van der Waals surface area contributed by atoms with E-state index in [9.17, 15) is 0 Å². The van der Waals surface area contributed by atoms with Crippen molar-refractivity contribution in [3.8, 4) is 5.75 Å². The number of hydrogen-bond donors (Lipinski definition) is 1. The summed E-state index contributed by atoms with van der Waals surface area (Å²) in [5.74, 6) is 1.09. The van der Waals surface area contributed by atoms with Crippen LogP contribution in [0.5, 0.6) is 5.75 Å². The third kappa shape index (κ3) is 3.99. The minimum atomic E-state index is 0.336. The van der Waals surface area contributed by atoms with E-state index in [2.05, 4.69) is 44.3 Å². The van der Waals surface area contributed by atoms with Crippen molar-refractivity contribution in [1.82, 2.24) is 5.32 Å². The standard InChI is InChI=1S/C18H29NO/c1-4-6-7-8-17(19-11-5-2)15-9-10-18-16(13-15)12-14(3)20-18/h9-10,13-14,17,19H,4-8,11-12H2,1-3H3. The van der Waals surface area contributed by atoms with E-state index >= 15 is 0 Å². The van der Waals surface area contributed by atoms with Crippen molar-refractivity contribution in [2.45, 2.75) is 71.4 Å². The Labute approximate surface area is 123 Å². The molecule has 0 fully saturated rings. The minimum absolute atomic E-state index is 0.336. The Kier molecular flexibility index (Phi) is 5.90. The lowest BCUT2D eigenvalue weighted by atomic mass is 9.97. The summed E-state index contributed by atoms with van der Waals surface area (Å²) in [5, 5.41) is 3.71. The van der Waals surface area contributed by atoms with Crippen LogP contribution in [-0.2, 0) is 6.42 Å². The molecule has 0 aromatic heterocycles. The topological polar surface area (TPSA) is 21.3 Å². The van der Waals surface area contributed by atoms with Crippen LogP contribution in [0.25, 0.3) is 0 Å². The highest BCUT2D eigenvalue weighted by Crippen LogP contribution is 2.32. The molecule has 2 heteroatoms. The Morgan fingerprint density at radius 1 is 1.25 bits per heavy atom. The zero-order valence-corrected chi connectivity index (χ0v) is 13.2. The molecule has 1 aliphatic rings. The quantitative estimate of drug-likeness (QED) is 0.698. The van der Waals surface area contributed by atoms with E-state index in [4.69, 9.17) is 4.74 Å². The first-order valence-corrected chi connectivity index (χ1v) is 8.27. The maximum Gasteiger partial charge on any atom is 0.123 e. The molecule has 2 atom stereocenters. The van der Waals surface area contributed by atoms with Gasteiger partial charge in [-0.15, -0.1) is 0 Å². The van der Waals surface area contributed by atoms with Gasteiger partial charge in [-0.3, -0.25) is 0 Å². The van der Waals surface area contributed by atoms with E-state index in [0.717, 1.165) is 18.7 Å². The second-order valence-electron chi connectivity index (χ2n) is 6.00. The van der Waals surface area contributed by atoms with Crippen molar-refractivity contribution in [3.05, 3.63) is 29.3 Å². The van der Waals surface area contributed by atoms with E-state index in [0.29, 0.717) is 12.1 Å². The molecule has 1 aromatic carbocycles. The van der Waals surface area contributed by atoms with Crippen LogP contribution in [0.15, 0.2) is 18.2 Å². The average molecular weight is 275 g/mol. The van der Waals surface area contributed by atoms with Crippen LogP contribution in [0.1, 0.15) is 70.0 Å². The first kappa shape index (κ1) is 15.4. The first-order chi connectivity index (χ1) is 9.74. The van der Waals surface area contributed by atoms with Crippen LogP contribution < -0.4 is 10.1 Å². The largest absolute Gasteiger partial charge is 0.490 e. The predicted molar refractivity (Wildman–Crippen MR) is 85.4 cm³/mol. The highest BCUT2D eigenvalue weighted by atomic mass is 16.5. The van der Waals surface area contributed by atoms with Crippen LogP contribution in [0.3, 0.4) is 0 Å². The lowest BCUT2D eigenvalue weighted by Crippen LogP contribution is -2.22. The maximum absolute atomic E-state index is 5.80. The normalized spacial score (nSPS) is 18.6. The molecule has 0 amide bonds. The molecule has 0 saturated heterocycles. The van der Waals surface area contributed by atoms with E-state index in [1.54, 1.807) is 0 Å². The van der Waals surface area contributed by atoms with Gasteiger partial charge in [-0.1, -0.05) is 45.2 Å². The smallest absolute Gasteiger partial charge is 0.123 e. The zero-order chi connectivity index (χ0) is 14.4. The molecule has 1 aromatic rings. The molecule has 2 nitrogen and oxygen atoms in total. The zero-order valence-electron chi connectivity index (χ0n) is 13.2. The summed E-state index contributed by atoms with van der Waals surface area (Å²) in [6, 6.07) is 7.27. The lowest BCUT2D eigenvalue weighted by Gasteiger charge is -2.19. The van der Waals surface area contributed by atoms with E-state index < -0.39 is 0 Å². The second-order valence-corrected chi connectivity index (χ2v) is 6.00. The first-order valence-electron chi connectivity index (χ1n) is 8.27.